The predicted molar refractivity (Wildman–Crippen MR) is 78.6 cm³/mol. The highest BCUT2D eigenvalue weighted by atomic mass is 15.3. The van der Waals surface area contributed by atoms with E-state index in [0.29, 0.717) is 11.6 Å². The summed E-state index contributed by atoms with van der Waals surface area (Å²) >= 11 is 0. The molecular weight excluding hydrogens is 264 g/mol. The van der Waals surface area contributed by atoms with Gasteiger partial charge >= 0.3 is 0 Å². The molecule has 2 aromatic rings. The van der Waals surface area contributed by atoms with Gasteiger partial charge in [-0.15, -0.1) is 0 Å². The maximum Gasteiger partial charge on any atom is 0.145 e. The highest BCUT2D eigenvalue weighted by Crippen LogP contribution is 2.23. The van der Waals surface area contributed by atoms with Crippen molar-refractivity contribution in [1.29, 1.82) is 5.26 Å². The monoisotopic (exact) mass is 282 g/mol. The highest BCUT2D eigenvalue weighted by molar-refractivity contribution is 5.45. The molecule has 0 saturated carbocycles. The second kappa shape index (κ2) is 5.92. The predicted octanol–water partition coefficient (Wildman–Crippen LogP) is 1.77. The summed E-state index contributed by atoms with van der Waals surface area (Å²) in [6.07, 6.45) is 5.66. The molecule has 0 N–H and O–H groups in total. The van der Waals surface area contributed by atoms with Crippen molar-refractivity contribution in [2.75, 3.05) is 18.0 Å². The number of nitriles is 1. The van der Waals surface area contributed by atoms with Crippen molar-refractivity contribution in [2.45, 2.75) is 26.3 Å². The summed E-state index contributed by atoms with van der Waals surface area (Å²) in [5.74, 6) is 1.44. The molecule has 0 spiro atoms. The summed E-state index contributed by atoms with van der Waals surface area (Å²) in [7, 11) is 0. The Morgan fingerprint density at radius 1 is 1.43 bits per heavy atom. The van der Waals surface area contributed by atoms with E-state index in [-0.39, 0.29) is 0 Å². The van der Waals surface area contributed by atoms with Crippen LogP contribution in [0.15, 0.2) is 24.8 Å². The average molecular weight is 282 g/mol. The van der Waals surface area contributed by atoms with Crippen LogP contribution in [0, 0.1) is 24.2 Å². The van der Waals surface area contributed by atoms with Crippen LogP contribution in [-0.4, -0.2) is 32.8 Å². The van der Waals surface area contributed by atoms with Crippen LogP contribution in [0.25, 0.3) is 0 Å². The Kier molecular flexibility index (Phi) is 3.82. The standard InChI is InChI=1S/C15H18N6/c1-12-4-5-15(19-14(12)7-16)20-6-2-3-13(8-20)9-21-11-17-10-18-21/h4-5,10-11,13H,2-3,6,8-9H2,1H3. The molecule has 1 fully saturated rings. The minimum absolute atomic E-state index is 0.519. The molecule has 0 aliphatic carbocycles. The lowest BCUT2D eigenvalue weighted by Gasteiger charge is -2.33. The molecule has 0 bridgehead atoms. The molecule has 0 amide bonds. The van der Waals surface area contributed by atoms with Crippen LogP contribution in [0.3, 0.4) is 0 Å². The van der Waals surface area contributed by atoms with Gasteiger partial charge in [-0.05, 0) is 37.3 Å². The third-order valence-corrected chi connectivity index (χ3v) is 3.94. The maximum absolute atomic E-state index is 9.11. The lowest BCUT2D eigenvalue weighted by molar-refractivity contribution is 0.350. The quantitative estimate of drug-likeness (QED) is 0.858. The summed E-state index contributed by atoms with van der Waals surface area (Å²) < 4.78 is 1.89. The van der Waals surface area contributed by atoms with Gasteiger partial charge in [-0.3, -0.25) is 4.68 Å². The largest absolute Gasteiger partial charge is 0.356 e. The van der Waals surface area contributed by atoms with Gasteiger partial charge in [-0.2, -0.15) is 10.4 Å². The van der Waals surface area contributed by atoms with Gasteiger partial charge in [0.05, 0.1) is 0 Å². The van der Waals surface area contributed by atoms with E-state index in [1.165, 1.54) is 6.42 Å². The van der Waals surface area contributed by atoms with Crippen LogP contribution >= 0.6 is 0 Å². The molecule has 3 rings (SSSR count). The Hall–Kier alpha value is -2.42. The second-order valence-electron chi connectivity index (χ2n) is 5.52. The van der Waals surface area contributed by atoms with Gasteiger partial charge in [0.15, 0.2) is 0 Å². The Morgan fingerprint density at radius 2 is 2.33 bits per heavy atom. The van der Waals surface area contributed by atoms with Crippen LogP contribution in [-0.2, 0) is 6.54 Å². The van der Waals surface area contributed by atoms with Gasteiger partial charge in [-0.25, -0.2) is 9.97 Å². The summed E-state index contributed by atoms with van der Waals surface area (Å²) in [5, 5.41) is 13.3. The van der Waals surface area contributed by atoms with Crippen molar-refractivity contribution in [1.82, 2.24) is 19.7 Å². The minimum atomic E-state index is 0.519. The Morgan fingerprint density at radius 3 is 3.10 bits per heavy atom. The summed E-state index contributed by atoms with van der Waals surface area (Å²) in [4.78, 5) is 10.7. The van der Waals surface area contributed by atoms with Crippen molar-refractivity contribution < 1.29 is 0 Å². The first kappa shape index (κ1) is 13.6. The lowest BCUT2D eigenvalue weighted by atomic mass is 9.98. The van der Waals surface area contributed by atoms with E-state index >= 15 is 0 Å². The second-order valence-corrected chi connectivity index (χ2v) is 5.52. The van der Waals surface area contributed by atoms with Crippen molar-refractivity contribution in [2.24, 2.45) is 5.92 Å². The normalized spacial score (nSPS) is 18.5. The van der Waals surface area contributed by atoms with Crippen molar-refractivity contribution in [3.63, 3.8) is 0 Å². The number of rotatable bonds is 3. The summed E-state index contributed by atoms with van der Waals surface area (Å²) in [6.45, 7) is 4.74. The minimum Gasteiger partial charge on any atom is -0.356 e. The fourth-order valence-electron chi connectivity index (χ4n) is 2.82. The highest BCUT2D eigenvalue weighted by Gasteiger charge is 2.22. The molecule has 6 heteroatoms. The van der Waals surface area contributed by atoms with Gasteiger partial charge in [0.1, 0.15) is 30.2 Å². The molecule has 6 nitrogen and oxygen atoms in total. The fourth-order valence-corrected chi connectivity index (χ4v) is 2.82. The topological polar surface area (TPSA) is 70.6 Å². The van der Waals surface area contributed by atoms with Crippen LogP contribution in [0.5, 0.6) is 0 Å². The molecular formula is C15H18N6. The molecule has 2 aromatic heterocycles. The van der Waals surface area contributed by atoms with E-state index in [2.05, 4.69) is 26.0 Å². The molecule has 1 atom stereocenters. The number of hydrogen-bond acceptors (Lipinski definition) is 5. The van der Waals surface area contributed by atoms with Gasteiger partial charge in [-0.1, -0.05) is 6.07 Å². The Bertz CT molecular complexity index is 643. The van der Waals surface area contributed by atoms with Gasteiger partial charge in [0.2, 0.25) is 0 Å². The average Bonchev–Trinajstić information content (AvgIpc) is 3.01. The maximum atomic E-state index is 9.11. The van der Waals surface area contributed by atoms with Gasteiger partial charge < -0.3 is 4.90 Å². The van der Waals surface area contributed by atoms with E-state index in [1.54, 1.807) is 12.7 Å². The molecule has 1 saturated heterocycles. The number of aryl methyl sites for hydroxylation is 1. The van der Waals surface area contributed by atoms with Crippen LogP contribution in [0.1, 0.15) is 24.1 Å². The molecule has 108 valence electrons. The van der Waals surface area contributed by atoms with E-state index in [1.807, 2.05) is 23.7 Å². The summed E-state index contributed by atoms with van der Waals surface area (Å²) in [5.41, 5.74) is 1.45. The smallest absolute Gasteiger partial charge is 0.145 e. The number of aromatic nitrogens is 4. The number of hydrogen-bond donors (Lipinski definition) is 0. The van der Waals surface area contributed by atoms with E-state index < -0.39 is 0 Å². The number of pyridine rings is 1. The van der Waals surface area contributed by atoms with Crippen LogP contribution in [0.2, 0.25) is 0 Å². The molecule has 1 aliphatic rings. The molecule has 0 aromatic carbocycles. The van der Waals surface area contributed by atoms with Crippen molar-refractivity contribution in [3.05, 3.63) is 36.0 Å². The van der Waals surface area contributed by atoms with Crippen molar-refractivity contribution in [3.8, 4) is 6.07 Å². The Balaban J connectivity index is 1.72. The third kappa shape index (κ3) is 3.02. The first-order valence-corrected chi connectivity index (χ1v) is 7.21. The zero-order valence-corrected chi connectivity index (χ0v) is 12.1. The van der Waals surface area contributed by atoms with Gasteiger partial charge in [0, 0.05) is 19.6 Å². The molecule has 3 heterocycles. The number of nitrogens with zero attached hydrogens (tertiary/aromatic N) is 6. The van der Waals surface area contributed by atoms with E-state index in [0.717, 1.165) is 37.4 Å². The first-order valence-electron chi connectivity index (χ1n) is 7.21. The zero-order chi connectivity index (χ0) is 14.7. The van der Waals surface area contributed by atoms with E-state index in [4.69, 9.17) is 5.26 Å². The molecule has 1 aliphatic heterocycles. The van der Waals surface area contributed by atoms with E-state index in [9.17, 15) is 0 Å². The fraction of sp³-hybridized carbons (Fsp3) is 0.467. The molecule has 1 unspecified atom stereocenters. The molecule has 0 radical (unpaired) electrons. The summed E-state index contributed by atoms with van der Waals surface area (Å²) in [6, 6.07) is 6.14. The SMILES string of the molecule is Cc1ccc(N2CCCC(Cn3cncn3)C2)nc1C#N. The van der Waals surface area contributed by atoms with Crippen LogP contribution < -0.4 is 4.90 Å². The van der Waals surface area contributed by atoms with Gasteiger partial charge in [0.25, 0.3) is 0 Å². The zero-order valence-electron chi connectivity index (χ0n) is 12.1. The number of piperidine rings is 1. The van der Waals surface area contributed by atoms with Crippen molar-refractivity contribution >= 4 is 5.82 Å². The first-order chi connectivity index (χ1) is 10.3. The molecule has 21 heavy (non-hydrogen) atoms. The third-order valence-electron chi connectivity index (χ3n) is 3.94. The number of anilines is 1. The Labute approximate surface area is 124 Å². The lowest BCUT2D eigenvalue weighted by Crippen LogP contribution is -2.37. The van der Waals surface area contributed by atoms with Crippen LogP contribution in [0.4, 0.5) is 5.82 Å².